The van der Waals surface area contributed by atoms with E-state index in [0.29, 0.717) is 0 Å². The van der Waals surface area contributed by atoms with Gasteiger partial charge in [0.05, 0.1) is 0 Å². The van der Waals surface area contributed by atoms with Crippen LogP contribution >= 0.6 is 15.9 Å². The number of benzene rings is 1. The number of nitrogens with zero attached hydrogens (tertiary/aromatic N) is 1. The highest BCUT2D eigenvalue weighted by molar-refractivity contribution is 9.10. The lowest BCUT2D eigenvalue weighted by Gasteiger charge is -2.41. The van der Waals surface area contributed by atoms with E-state index in [9.17, 15) is 0 Å². The van der Waals surface area contributed by atoms with E-state index in [2.05, 4.69) is 52.9 Å². The first kappa shape index (κ1) is 11.0. The smallest absolute Gasteiger partial charge is 0.0377 e. The number of halogens is 1. The van der Waals surface area contributed by atoms with Crippen molar-refractivity contribution in [1.82, 2.24) is 0 Å². The highest BCUT2D eigenvalue weighted by atomic mass is 79.9. The average molecular weight is 268 g/mol. The minimum absolute atomic E-state index is 0.926. The summed E-state index contributed by atoms with van der Waals surface area (Å²) in [5.74, 6) is 0.926. The van der Waals surface area contributed by atoms with Gasteiger partial charge in [-0.3, -0.25) is 0 Å². The lowest BCUT2D eigenvalue weighted by Crippen LogP contribution is -2.46. The van der Waals surface area contributed by atoms with Crippen LogP contribution in [0.25, 0.3) is 0 Å². The molecule has 0 aliphatic carbocycles. The standard InChI is InChI=1S/C13H18BrN/c1-3-4-11-8-15(9-11)12-6-5-10(2)13(14)7-12/h5-7,11H,3-4,8-9H2,1-2H3. The van der Waals surface area contributed by atoms with Gasteiger partial charge in [0.25, 0.3) is 0 Å². The minimum atomic E-state index is 0.926. The number of aryl methyl sites for hydroxylation is 1. The van der Waals surface area contributed by atoms with Gasteiger partial charge in [0.2, 0.25) is 0 Å². The van der Waals surface area contributed by atoms with E-state index in [1.54, 1.807) is 0 Å². The van der Waals surface area contributed by atoms with Crippen molar-refractivity contribution in [1.29, 1.82) is 0 Å². The summed E-state index contributed by atoms with van der Waals surface area (Å²) in [7, 11) is 0. The zero-order valence-electron chi connectivity index (χ0n) is 9.46. The van der Waals surface area contributed by atoms with Gasteiger partial charge in [-0.2, -0.15) is 0 Å². The molecule has 0 radical (unpaired) electrons. The largest absolute Gasteiger partial charge is 0.371 e. The molecular weight excluding hydrogens is 250 g/mol. The molecule has 15 heavy (non-hydrogen) atoms. The van der Waals surface area contributed by atoms with Gasteiger partial charge in [0.15, 0.2) is 0 Å². The maximum absolute atomic E-state index is 3.59. The molecule has 82 valence electrons. The topological polar surface area (TPSA) is 3.24 Å². The summed E-state index contributed by atoms with van der Waals surface area (Å²) in [5, 5.41) is 0. The zero-order chi connectivity index (χ0) is 10.8. The van der Waals surface area contributed by atoms with Crippen LogP contribution in [0.4, 0.5) is 5.69 Å². The van der Waals surface area contributed by atoms with Crippen molar-refractivity contribution >= 4 is 21.6 Å². The first-order chi connectivity index (χ1) is 7.20. The number of hydrogen-bond acceptors (Lipinski definition) is 1. The van der Waals surface area contributed by atoms with E-state index in [1.807, 2.05) is 0 Å². The van der Waals surface area contributed by atoms with Crippen LogP contribution in [0.2, 0.25) is 0 Å². The van der Waals surface area contributed by atoms with Crippen molar-refractivity contribution in [3.8, 4) is 0 Å². The molecule has 0 bridgehead atoms. The van der Waals surface area contributed by atoms with Gasteiger partial charge in [-0.15, -0.1) is 0 Å². The van der Waals surface area contributed by atoms with E-state index in [-0.39, 0.29) is 0 Å². The molecule has 1 aromatic carbocycles. The Morgan fingerprint density at radius 1 is 1.40 bits per heavy atom. The second-order valence-corrected chi connectivity index (χ2v) is 5.35. The Kier molecular flexibility index (Phi) is 3.35. The maximum atomic E-state index is 3.59. The molecule has 1 saturated heterocycles. The molecule has 0 unspecified atom stereocenters. The summed E-state index contributed by atoms with van der Waals surface area (Å²) in [5.41, 5.74) is 2.67. The fourth-order valence-electron chi connectivity index (χ4n) is 2.15. The monoisotopic (exact) mass is 267 g/mol. The van der Waals surface area contributed by atoms with Crippen LogP contribution in [-0.4, -0.2) is 13.1 Å². The molecule has 1 nitrogen and oxygen atoms in total. The lowest BCUT2D eigenvalue weighted by molar-refractivity contribution is 0.380. The van der Waals surface area contributed by atoms with Gasteiger partial charge < -0.3 is 4.90 Å². The van der Waals surface area contributed by atoms with Crippen LogP contribution < -0.4 is 4.90 Å². The van der Waals surface area contributed by atoms with Crippen molar-refractivity contribution in [3.63, 3.8) is 0 Å². The molecule has 0 spiro atoms. The summed E-state index contributed by atoms with van der Waals surface area (Å²) in [4.78, 5) is 2.46. The van der Waals surface area contributed by atoms with Crippen LogP contribution in [0, 0.1) is 12.8 Å². The van der Waals surface area contributed by atoms with E-state index in [4.69, 9.17) is 0 Å². The first-order valence-corrected chi connectivity index (χ1v) is 6.51. The lowest BCUT2D eigenvalue weighted by atomic mass is 9.94. The Labute approximate surface area is 101 Å². The fourth-order valence-corrected chi connectivity index (χ4v) is 2.52. The van der Waals surface area contributed by atoms with Gasteiger partial charge in [-0.25, -0.2) is 0 Å². The zero-order valence-corrected chi connectivity index (χ0v) is 11.0. The minimum Gasteiger partial charge on any atom is -0.371 e. The third-order valence-corrected chi connectivity index (χ3v) is 4.03. The maximum Gasteiger partial charge on any atom is 0.0377 e. The molecule has 0 atom stereocenters. The van der Waals surface area contributed by atoms with E-state index < -0.39 is 0 Å². The predicted molar refractivity (Wildman–Crippen MR) is 69.5 cm³/mol. The van der Waals surface area contributed by atoms with E-state index >= 15 is 0 Å². The Morgan fingerprint density at radius 2 is 2.13 bits per heavy atom. The van der Waals surface area contributed by atoms with Crippen molar-refractivity contribution in [3.05, 3.63) is 28.2 Å². The molecule has 0 saturated carbocycles. The molecule has 0 N–H and O–H groups in total. The Bertz CT molecular complexity index is 342. The number of anilines is 1. The van der Waals surface area contributed by atoms with Crippen LogP contribution in [0.5, 0.6) is 0 Å². The summed E-state index contributed by atoms with van der Waals surface area (Å²) in [6, 6.07) is 6.65. The summed E-state index contributed by atoms with van der Waals surface area (Å²) >= 11 is 3.59. The Balaban J connectivity index is 1.98. The van der Waals surface area contributed by atoms with E-state index in [0.717, 1.165) is 5.92 Å². The van der Waals surface area contributed by atoms with Gasteiger partial charge in [0, 0.05) is 23.2 Å². The second kappa shape index (κ2) is 4.56. The van der Waals surface area contributed by atoms with Crippen molar-refractivity contribution in [2.75, 3.05) is 18.0 Å². The summed E-state index contributed by atoms with van der Waals surface area (Å²) < 4.78 is 1.22. The fraction of sp³-hybridized carbons (Fsp3) is 0.538. The molecule has 1 aliphatic heterocycles. The van der Waals surface area contributed by atoms with Crippen LogP contribution in [0.3, 0.4) is 0 Å². The third kappa shape index (κ3) is 2.36. The molecule has 0 amide bonds. The van der Waals surface area contributed by atoms with E-state index in [1.165, 1.54) is 41.7 Å². The van der Waals surface area contributed by atoms with Crippen LogP contribution in [0.1, 0.15) is 25.3 Å². The highest BCUT2D eigenvalue weighted by Gasteiger charge is 2.25. The first-order valence-electron chi connectivity index (χ1n) is 5.71. The number of rotatable bonds is 3. The van der Waals surface area contributed by atoms with Gasteiger partial charge in [-0.05, 0) is 37.0 Å². The van der Waals surface area contributed by atoms with Crippen molar-refractivity contribution in [2.24, 2.45) is 5.92 Å². The van der Waals surface area contributed by atoms with Gasteiger partial charge in [-0.1, -0.05) is 35.3 Å². The molecule has 0 aromatic heterocycles. The highest BCUT2D eigenvalue weighted by Crippen LogP contribution is 2.30. The molecule has 2 rings (SSSR count). The molecule has 1 aromatic rings. The van der Waals surface area contributed by atoms with Crippen LogP contribution in [0.15, 0.2) is 22.7 Å². The van der Waals surface area contributed by atoms with Crippen LogP contribution in [-0.2, 0) is 0 Å². The molecule has 1 aliphatic rings. The van der Waals surface area contributed by atoms with Crippen molar-refractivity contribution < 1.29 is 0 Å². The predicted octanol–water partition coefficient (Wildman–Crippen LogP) is 3.99. The van der Waals surface area contributed by atoms with Gasteiger partial charge in [0.1, 0.15) is 0 Å². The molecular formula is C13H18BrN. The normalized spacial score (nSPS) is 16.6. The SMILES string of the molecule is CCCC1CN(c2ccc(C)c(Br)c2)C1. The Hall–Kier alpha value is -0.500. The average Bonchev–Trinajstić information content (AvgIpc) is 2.16. The summed E-state index contributed by atoms with van der Waals surface area (Å²) in [6.07, 6.45) is 2.69. The molecule has 2 heteroatoms. The second-order valence-electron chi connectivity index (χ2n) is 4.49. The quantitative estimate of drug-likeness (QED) is 0.801. The Morgan fingerprint density at radius 3 is 2.73 bits per heavy atom. The third-order valence-electron chi connectivity index (χ3n) is 3.17. The van der Waals surface area contributed by atoms with Crippen molar-refractivity contribution in [2.45, 2.75) is 26.7 Å². The molecule has 1 fully saturated rings. The number of hydrogen-bond donors (Lipinski definition) is 0. The summed E-state index contributed by atoms with van der Waals surface area (Å²) in [6.45, 7) is 6.88. The molecule has 1 heterocycles. The van der Waals surface area contributed by atoms with Gasteiger partial charge >= 0.3 is 0 Å².